The van der Waals surface area contributed by atoms with E-state index >= 15 is 0 Å². The molecule has 0 unspecified atom stereocenters. The van der Waals surface area contributed by atoms with E-state index in [0.717, 1.165) is 9.13 Å². The second-order valence-corrected chi connectivity index (χ2v) is 9.17. The standard InChI is InChI=1S/C20H19IN4O5S/c1-12-4-5-13(10-16(12)21)19(26)22-14-6-8-15(9-7-14)31(27,28)25-17-11-18(29-2)24-20(23-17)30-3/h4-11H,1-3H3,(H,22,26)(H,23,24,25). The molecule has 0 saturated carbocycles. The number of halogens is 1. The van der Waals surface area contributed by atoms with E-state index in [0.29, 0.717) is 11.3 Å². The van der Waals surface area contributed by atoms with E-state index in [9.17, 15) is 13.2 Å². The molecule has 2 N–H and O–H groups in total. The maximum Gasteiger partial charge on any atom is 0.321 e. The van der Waals surface area contributed by atoms with E-state index < -0.39 is 10.0 Å². The van der Waals surface area contributed by atoms with Crippen molar-refractivity contribution in [3.8, 4) is 11.9 Å². The molecule has 0 aliphatic carbocycles. The zero-order chi connectivity index (χ0) is 22.6. The SMILES string of the molecule is COc1cc(NS(=O)(=O)c2ccc(NC(=O)c3ccc(C)c(I)c3)cc2)nc(OC)n1. The van der Waals surface area contributed by atoms with E-state index in [1.54, 1.807) is 12.1 Å². The van der Waals surface area contributed by atoms with Gasteiger partial charge in [-0.25, -0.2) is 8.42 Å². The van der Waals surface area contributed by atoms with Crippen molar-refractivity contribution in [2.45, 2.75) is 11.8 Å². The Morgan fingerprint density at radius 3 is 2.32 bits per heavy atom. The summed E-state index contributed by atoms with van der Waals surface area (Å²) in [4.78, 5) is 20.3. The van der Waals surface area contributed by atoms with E-state index in [2.05, 4.69) is 42.6 Å². The maximum atomic E-state index is 12.7. The lowest BCUT2D eigenvalue weighted by atomic mass is 10.1. The quantitative estimate of drug-likeness (QED) is 0.430. The molecule has 0 aliphatic heterocycles. The molecular formula is C20H19IN4O5S. The number of nitrogens with zero attached hydrogens (tertiary/aromatic N) is 2. The van der Waals surface area contributed by atoms with Crippen LogP contribution in [-0.2, 0) is 10.0 Å². The minimum atomic E-state index is -3.94. The van der Waals surface area contributed by atoms with Crippen molar-refractivity contribution in [1.82, 2.24) is 9.97 Å². The van der Waals surface area contributed by atoms with Crippen LogP contribution >= 0.6 is 22.6 Å². The lowest BCUT2D eigenvalue weighted by Crippen LogP contribution is -2.15. The molecule has 3 rings (SSSR count). The van der Waals surface area contributed by atoms with Gasteiger partial charge in [-0.3, -0.25) is 9.52 Å². The Labute approximate surface area is 193 Å². The van der Waals surface area contributed by atoms with Crippen molar-refractivity contribution in [3.05, 3.63) is 63.2 Å². The monoisotopic (exact) mass is 554 g/mol. The Hall–Kier alpha value is -2.93. The van der Waals surface area contributed by atoms with Gasteiger partial charge in [-0.2, -0.15) is 9.97 Å². The minimum absolute atomic E-state index is 0.00458. The topological polar surface area (TPSA) is 120 Å². The van der Waals surface area contributed by atoms with Gasteiger partial charge in [-0.05, 0) is 71.5 Å². The highest BCUT2D eigenvalue weighted by Crippen LogP contribution is 2.22. The van der Waals surface area contributed by atoms with Gasteiger partial charge in [0, 0.05) is 20.9 Å². The summed E-state index contributed by atoms with van der Waals surface area (Å²) in [6.45, 7) is 1.96. The smallest absolute Gasteiger partial charge is 0.321 e. The molecule has 31 heavy (non-hydrogen) atoms. The molecule has 1 amide bonds. The average molecular weight is 554 g/mol. The van der Waals surface area contributed by atoms with Crippen LogP contribution < -0.4 is 19.5 Å². The zero-order valence-electron chi connectivity index (χ0n) is 16.8. The number of hydrogen-bond acceptors (Lipinski definition) is 7. The van der Waals surface area contributed by atoms with Gasteiger partial charge in [-0.1, -0.05) is 6.07 Å². The van der Waals surface area contributed by atoms with E-state index in [1.807, 2.05) is 13.0 Å². The predicted octanol–water partition coefficient (Wildman–Crippen LogP) is 3.46. The third-order valence-corrected chi connectivity index (χ3v) is 6.70. The lowest BCUT2D eigenvalue weighted by molar-refractivity contribution is 0.102. The number of ether oxygens (including phenoxy) is 2. The predicted molar refractivity (Wildman–Crippen MR) is 124 cm³/mol. The van der Waals surface area contributed by atoms with Crippen molar-refractivity contribution < 1.29 is 22.7 Å². The van der Waals surface area contributed by atoms with E-state index in [-0.39, 0.29) is 28.5 Å². The molecule has 0 bridgehead atoms. The average Bonchev–Trinajstić information content (AvgIpc) is 2.75. The number of aromatic nitrogens is 2. The number of carbonyl (C=O) groups is 1. The first-order valence-electron chi connectivity index (χ1n) is 8.89. The van der Waals surface area contributed by atoms with Crippen LogP contribution in [0.1, 0.15) is 15.9 Å². The summed E-state index contributed by atoms with van der Waals surface area (Å²) in [6.07, 6.45) is 0. The van der Waals surface area contributed by atoms with Crippen molar-refractivity contribution in [2.75, 3.05) is 24.3 Å². The van der Waals surface area contributed by atoms with Crippen LogP contribution in [0.15, 0.2) is 53.4 Å². The van der Waals surface area contributed by atoms with Crippen molar-refractivity contribution >= 4 is 50.0 Å². The lowest BCUT2D eigenvalue weighted by Gasteiger charge is -2.11. The van der Waals surface area contributed by atoms with E-state index in [4.69, 9.17) is 9.47 Å². The highest BCUT2D eigenvalue weighted by atomic mass is 127. The summed E-state index contributed by atoms with van der Waals surface area (Å²) in [6, 6.07) is 12.5. The number of methoxy groups -OCH3 is 2. The summed E-state index contributed by atoms with van der Waals surface area (Å²) in [5.74, 6) is -0.143. The summed E-state index contributed by atoms with van der Waals surface area (Å²) < 4.78 is 38.7. The third-order valence-electron chi connectivity index (χ3n) is 4.17. The van der Waals surface area contributed by atoms with Gasteiger partial charge in [0.15, 0.2) is 5.82 Å². The number of rotatable bonds is 7. The van der Waals surface area contributed by atoms with Gasteiger partial charge >= 0.3 is 6.01 Å². The molecule has 162 valence electrons. The molecule has 3 aromatic rings. The van der Waals surface area contributed by atoms with E-state index in [1.165, 1.54) is 44.6 Å². The van der Waals surface area contributed by atoms with Gasteiger partial charge in [-0.15, -0.1) is 0 Å². The third kappa shape index (κ3) is 5.61. The maximum absolute atomic E-state index is 12.7. The van der Waals surface area contributed by atoms with Crippen molar-refractivity contribution in [3.63, 3.8) is 0 Å². The molecule has 11 heteroatoms. The Kier molecular flexibility index (Phi) is 6.95. The number of carbonyl (C=O) groups excluding carboxylic acids is 1. The molecule has 9 nitrogen and oxygen atoms in total. The van der Waals surface area contributed by atoms with Crippen LogP contribution in [0.3, 0.4) is 0 Å². The fourth-order valence-corrected chi connectivity index (χ4v) is 4.01. The first-order chi connectivity index (χ1) is 14.7. The molecule has 0 aliphatic rings. The Balaban J connectivity index is 1.75. The van der Waals surface area contributed by atoms with Crippen molar-refractivity contribution in [2.24, 2.45) is 0 Å². The van der Waals surface area contributed by atoms with Crippen LogP contribution in [0.25, 0.3) is 0 Å². The van der Waals surface area contributed by atoms with Crippen LogP contribution in [0.2, 0.25) is 0 Å². The molecule has 0 atom stereocenters. The van der Waals surface area contributed by atoms with Gasteiger partial charge < -0.3 is 14.8 Å². The van der Waals surface area contributed by atoms with Crippen molar-refractivity contribution in [1.29, 1.82) is 0 Å². The normalized spacial score (nSPS) is 11.0. The molecule has 0 saturated heterocycles. The highest BCUT2D eigenvalue weighted by Gasteiger charge is 2.17. The minimum Gasteiger partial charge on any atom is -0.481 e. The molecule has 2 aromatic carbocycles. The summed E-state index contributed by atoms with van der Waals surface area (Å²) in [5.41, 5.74) is 2.06. The van der Waals surface area contributed by atoms with Crippen LogP contribution in [0.5, 0.6) is 11.9 Å². The molecule has 1 aromatic heterocycles. The second-order valence-electron chi connectivity index (χ2n) is 6.33. The first kappa shape index (κ1) is 22.7. The molecule has 0 spiro atoms. The highest BCUT2D eigenvalue weighted by molar-refractivity contribution is 14.1. The Bertz CT molecular complexity index is 1190. The Morgan fingerprint density at radius 2 is 1.71 bits per heavy atom. The second kappa shape index (κ2) is 9.47. The number of aryl methyl sites for hydroxylation is 1. The Morgan fingerprint density at radius 1 is 1.00 bits per heavy atom. The molecule has 1 heterocycles. The largest absolute Gasteiger partial charge is 0.481 e. The number of benzene rings is 2. The fraction of sp³-hybridized carbons (Fsp3) is 0.150. The van der Waals surface area contributed by atoms with Crippen LogP contribution in [0, 0.1) is 10.5 Å². The first-order valence-corrected chi connectivity index (χ1v) is 11.5. The van der Waals surface area contributed by atoms with Gasteiger partial charge in [0.25, 0.3) is 15.9 Å². The van der Waals surface area contributed by atoms with Crippen LogP contribution in [-0.4, -0.2) is 38.5 Å². The van der Waals surface area contributed by atoms with Crippen LogP contribution in [0.4, 0.5) is 11.5 Å². The van der Waals surface area contributed by atoms with Gasteiger partial charge in [0.1, 0.15) is 0 Å². The summed E-state index contributed by atoms with van der Waals surface area (Å²) >= 11 is 2.17. The number of anilines is 2. The van der Waals surface area contributed by atoms with Gasteiger partial charge in [0.2, 0.25) is 5.88 Å². The number of sulfonamides is 1. The molecule has 0 fully saturated rings. The number of amides is 1. The number of hydrogen-bond donors (Lipinski definition) is 2. The molecule has 0 radical (unpaired) electrons. The summed E-state index contributed by atoms with van der Waals surface area (Å²) in [5, 5.41) is 2.75. The van der Waals surface area contributed by atoms with Gasteiger partial charge in [0.05, 0.1) is 19.1 Å². The number of nitrogens with one attached hydrogen (secondary N) is 2. The zero-order valence-corrected chi connectivity index (χ0v) is 19.8. The molecular weight excluding hydrogens is 535 g/mol. The summed E-state index contributed by atoms with van der Waals surface area (Å²) in [7, 11) is -1.18. The fourth-order valence-electron chi connectivity index (χ4n) is 2.50.